The van der Waals surface area contributed by atoms with Gasteiger partial charge in [0, 0.05) is 30.3 Å². The molecular weight excluding hydrogens is 487 g/mol. The van der Waals surface area contributed by atoms with Gasteiger partial charge in [0.1, 0.15) is 11.8 Å². The van der Waals surface area contributed by atoms with Gasteiger partial charge >= 0.3 is 0 Å². The molecule has 0 radical (unpaired) electrons. The van der Waals surface area contributed by atoms with Crippen LogP contribution in [0.5, 0.6) is 17.2 Å². The Morgan fingerprint density at radius 1 is 1.11 bits per heavy atom. The summed E-state index contributed by atoms with van der Waals surface area (Å²) in [6.07, 6.45) is 4.97. The summed E-state index contributed by atoms with van der Waals surface area (Å²) in [5, 5.41) is 14.5. The molecule has 1 aromatic heterocycles. The molecule has 1 aliphatic rings. The van der Waals surface area contributed by atoms with Crippen LogP contribution in [0.25, 0.3) is 10.9 Å². The van der Waals surface area contributed by atoms with E-state index in [1.807, 2.05) is 12.1 Å². The second-order valence-corrected chi connectivity index (χ2v) is 9.49. The van der Waals surface area contributed by atoms with E-state index in [0.29, 0.717) is 67.7 Å². The number of piperidine rings is 1. The summed E-state index contributed by atoms with van der Waals surface area (Å²) in [6.45, 7) is 2.86. The largest absolute Gasteiger partial charge is 0.495 e. The van der Waals surface area contributed by atoms with E-state index in [1.165, 1.54) is 26.1 Å². The molecular formula is C26H28Cl2N4O3. The molecule has 1 unspecified atom stereocenters. The average molecular weight is 515 g/mol. The molecule has 7 nitrogen and oxygen atoms in total. The number of nitrogens with zero attached hydrogens (tertiary/aromatic N) is 3. The van der Waals surface area contributed by atoms with Crippen LogP contribution in [-0.2, 0) is 0 Å². The number of likely N-dealkylation sites (tertiary alicyclic amines) is 1. The number of hydrogen-bond acceptors (Lipinski definition) is 7. The zero-order chi connectivity index (χ0) is 24.9. The average Bonchev–Trinajstić information content (AvgIpc) is 2.85. The first-order valence-electron chi connectivity index (χ1n) is 11.5. The molecule has 1 N–H and O–H groups in total. The molecule has 184 valence electrons. The summed E-state index contributed by atoms with van der Waals surface area (Å²) in [5.41, 5.74) is 2.13. The molecule has 35 heavy (non-hydrogen) atoms. The minimum Gasteiger partial charge on any atom is -0.495 e. The summed E-state index contributed by atoms with van der Waals surface area (Å²) in [4.78, 5) is 6.86. The van der Waals surface area contributed by atoms with Crippen LogP contribution in [0.3, 0.4) is 0 Å². The predicted octanol–water partition coefficient (Wildman–Crippen LogP) is 6.28. The van der Waals surface area contributed by atoms with Crippen molar-refractivity contribution in [2.24, 2.45) is 5.92 Å². The van der Waals surface area contributed by atoms with Crippen molar-refractivity contribution in [3.8, 4) is 23.3 Å². The van der Waals surface area contributed by atoms with Crippen LogP contribution >= 0.6 is 23.2 Å². The van der Waals surface area contributed by atoms with Crippen molar-refractivity contribution < 1.29 is 14.2 Å². The van der Waals surface area contributed by atoms with E-state index < -0.39 is 0 Å². The van der Waals surface area contributed by atoms with E-state index in [4.69, 9.17) is 37.4 Å². The van der Waals surface area contributed by atoms with E-state index >= 15 is 0 Å². The molecule has 0 aliphatic carbocycles. The molecule has 2 heterocycles. The maximum Gasteiger partial charge on any atom is 0.163 e. The lowest BCUT2D eigenvalue weighted by Gasteiger charge is -2.29. The zero-order valence-corrected chi connectivity index (χ0v) is 21.5. The van der Waals surface area contributed by atoms with Crippen molar-refractivity contribution in [3.63, 3.8) is 0 Å². The summed E-state index contributed by atoms with van der Waals surface area (Å²) < 4.78 is 17.1. The quantitative estimate of drug-likeness (QED) is 0.378. The highest BCUT2D eigenvalue weighted by Crippen LogP contribution is 2.40. The fraction of sp³-hybridized carbons (Fsp3) is 0.385. The first-order valence-corrected chi connectivity index (χ1v) is 12.2. The Labute approximate surface area is 215 Å². The predicted molar refractivity (Wildman–Crippen MR) is 140 cm³/mol. The van der Waals surface area contributed by atoms with Crippen LogP contribution in [0.2, 0.25) is 10.0 Å². The number of ether oxygens (including phenoxy) is 3. The van der Waals surface area contributed by atoms with Crippen LogP contribution in [0, 0.1) is 17.2 Å². The normalized spacial score (nSPS) is 16.1. The van der Waals surface area contributed by atoms with Gasteiger partial charge in [0.25, 0.3) is 0 Å². The first kappa shape index (κ1) is 25.2. The molecule has 1 atom stereocenters. The molecule has 0 spiro atoms. The van der Waals surface area contributed by atoms with Crippen molar-refractivity contribution in [2.75, 3.05) is 46.3 Å². The lowest BCUT2D eigenvalue weighted by molar-refractivity contribution is 0.176. The monoisotopic (exact) mass is 514 g/mol. The van der Waals surface area contributed by atoms with E-state index in [1.54, 1.807) is 19.2 Å². The Hall–Kier alpha value is -2.92. The topological polar surface area (TPSA) is 79.6 Å². The zero-order valence-electron chi connectivity index (χ0n) is 20.0. The van der Waals surface area contributed by atoms with Crippen molar-refractivity contribution in [1.29, 1.82) is 5.26 Å². The Kier molecular flexibility index (Phi) is 8.07. The third kappa shape index (κ3) is 5.67. The van der Waals surface area contributed by atoms with E-state index in [0.717, 1.165) is 19.5 Å². The number of pyridine rings is 1. The second-order valence-electron chi connectivity index (χ2n) is 8.68. The van der Waals surface area contributed by atoms with Crippen LogP contribution in [0.15, 0.2) is 30.5 Å². The Morgan fingerprint density at radius 3 is 2.63 bits per heavy atom. The maximum atomic E-state index is 9.74. The van der Waals surface area contributed by atoms with Crippen molar-refractivity contribution in [3.05, 3.63) is 46.1 Å². The molecule has 1 saturated heterocycles. The van der Waals surface area contributed by atoms with Gasteiger partial charge in [-0.25, -0.2) is 0 Å². The molecule has 0 saturated carbocycles. The molecule has 1 aliphatic heterocycles. The number of nitrogens with one attached hydrogen (secondary N) is 1. The summed E-state index contributed by atoms with van der Waals surface area (Å²) in [6, 6.07) is 9.15. The molecule has 2 aromatic carbocycles. The molecule has 4 rings (SSSR count). The van der Waals surface area contributed by atoms with Crippen LogP contribution < -0.4 is 19.5 Å². The van der Waals surface area contributed by atoms with Gasteiger partial charge in [0.15, 0.2) is 11.5 Å². The fourth-order valence-electron chi connectivity index (χ4n) is 4.45. The number of anilines is 2. The lowest BCUT2D eigenvalue weighted by Crippen LogP contribution is -2.32. The number of fused-ring (bicyclic) bond motifs is 1. The minimum absolute atomic E-state index is 0.361. The number of methoxy groups -OCH3 is 2. The maximum absolute atomic E-state index is 9.74. The van der Waals surface area contributed by atoms with Crippen molar-refractivity contribution in [2.45, 2.75) is 19.3 Å². The fourth-order valence-corrected chi connectivity index (χ4v) is 4.96. The number of benzene rings is 2. The van der Waals surface area contributed by atoms with Gasteiger partial charge in [0.05, 0.1) is 53.3 Å². The van der Waals surface area contributed by atoms with Gasteiger partial charge in [-0.2, -0.15) is 5.26 Å². The molecule has 9 heteroatoms. The first-order chi connectivity index (χ1) is 16.9. The summed E-state index contributed by atoms with van der Waals surface area (Å²) in [7, 11) is 5.29. The highest BCUT2D eigenvalue weighted by Gasteiger charge is 2.19. The van der Waals surface area contributed by atoms with Gasteiger partial charge in [-0.05, 0) is 50.9 Å². The van der Waals surface area contributed by atoms with Gasteiger partial charge < -0.3 is 24.4 Å². The molecule has 1 fully saturated rings. The Morgan fingerprint density at radius 2 is 1.91 bits per heavy atom. The molecule has 3 aromatic rings. The smallest absolute Gasteiger partial charge is 0.163 e. The van der Waals surface area contributed by atoms with E-state index in [-0.39, 0.29) is 0 Å². The third-order valence-corrected chi connectivity index (χ3v) is 6.89. The highest BCUT2D eigenvalue weighted by molar-refractivity contribution is 6.37. The Balaban J connectivity index is 1.64. The van der Waals surface area contributed by atoms with Gasteiger partial charge in [-0.3, -0.25) is 4.98 Å². The SMILES string of the molecule is COc1cc(Nc2c(C#N)cnc3cc(OCCC4CCCN(C)C4)c(OC)cc23)c(Cl)cc1Cl. The third-order valence-electron chi connectivity index (χ3n) is 6.28. The summed E-state index contributed by atoms with van der Waals surface area (Å²) >= 11 is 12.6. The standard InChI is InChI=1S/C26H28Cl2N4O3/c1-32-7-4-5-16(15-32)6-8-35-25-11-21-18(9-24(25)34-3)26(17(13-29)14-30-21)31-22-12-23(33-2)20(28)10-19(22)27/h9-12,14,16H,4-8,15H2,1-3H3,(H,30,31). The van der Waals surface area contributed by atoms with Crippen LogP contribution in [0.1, 0.15) is 24.8 Å². The van der Waals surface area contributed by atoms with Gasteiger partial charge in [0.2, 0.25) is 0 Å². The second kappa shape index (κ2) is 11.2. The van der Waals surface area contributed by atoms with Crippen LogP contribution in [0.4, 0.5) is 11.4 Å². The van der Waals surface area contributed by atoms with Gasteiger partial charge in [-0.1, -0.05) is 23.2 Å². The number of aromatic nitrogens is 1. The molecule has 0 amide bonds. The Bertz CT molecular complexity index is 1260. The van der Waals surface area contributed by atoms with Crippen molar-refractivity contribution >= 4 is 45.5 Å². The number of rotatable bonds is 8. The number of halogens is 2. The number of hydrogen-bond donors (Lipinski definition) is 1. The highest BCUT2D eigenvalue weighted by atomic mass is 35.5. The summed E-state index contributed by atoms with van der Waals surface area (Å²) in [5.74, 6) is 2.29. The van der Waals surface area contributed by atoms with Gasteiger partial charge in [-0.15, -0.1) is 0 Å². The minimum atomic E-state index is 0.361. The lowest BCUT2D eigenvalue weighted by atomic mass is 9.96. The van der Waals surface area contributed by atoms with E-state index in [9.17, 15) is 5.26 Å². The van der Waals surface area contributed by atoms with E-state index in [2.05, 4.69) is 28.3 Å². The molecule has 0 bridgehead atoms. The van der Waals surface area contributed by atoms with Crippen LogP contribution in [-0.4, -0.2) is 50.8 Å². The number of nitriles is 1. The van der Waals surface area contributed by atoms with Crippen molar-refractivity contribution in [1.82, 2.24) is 9.88 Å².